The van der Waals surface area contributed by atoms with Gasteiger partial charge in [0.25, 0.3) is 5.91 Å². The van der Waals surface area contributed by atoms with Crippen LogP contribution in [0.1, 0.15) is 48.7 Å². The molecule has 3 nitrogen and oxygen atoms in total. The molecule has 1 aliphatic rings. The van der Waals surface area contributed by atoms with E-state index in [2.05, 4.69) is 41.4 Å². The van der Waals surface area contributed by atoms with Crippen molar-refractivity contribution in [2.24, 2.45) is 5.92 Å². The fourth-order valence-corrected chi connectivity index (χ4v) is 3.49. The predicted octanol–water partition coefficient (Wildman–Crippen LogP) is 5.07. The first kappa shape index (κ1) is 17.8. The van der Waals surface area contributed by atoms with Crippen molar-refractivity contribution in [3.05, 3.63) is 64.7 Å². The molecule has 2 aromatic carbocycles. The largest absolute Gasteiger partial charge is 0.371 e. The summed E-state index contributed by atoms with van der Waals surface area (Å²) in [5, 5.41) is 3.67. The summed E-state index contributed by atoms with van der Waals surface area (Å²) in [6, 6.07) is 15.5. The van der Waals surface area contributed by atoms with E-state index in [-0.39, 0.29) is 11.9 Å². The molecule has 1 aliphatic heterocycles. The number of carbonyl (C=O) groups is 1. The fraction of sp³-hybridized carbons (Fsp3) is 0.381. The van der Waals surface area contributed by atoms with Gasteiger partial charge in [0.15, 0.2) is 0 Å². The van der Waals surface area contributed by atoms with Crippen molar-refractivity contribution in [1.82, 2.24) is 5.32 Å². The second-order valence-electron chi connectivity index (χ2n) is 6.99. The molecule has 25 heavy (non-hydrogen) atoms. The molecule has 4 heteroatoms. The molecular formula is C21H25ClN2O. The second-order valence-corrected chi connectivity index (χ2v) is 7.42. The number of amides is 1. The van der Waals surface area contributed by atoms with E-state index in [4.69, 9.17) is 11.6 Å². The van der Waals surface area contributed by atoms with E-state index in [1.54, 1.807) is 24.3 Å². The first-order valence-corrected chi connectivity index (χ1v) is 9.32. The Morgan fingerprint density at radius 2 is 1.84 bits per heavy atom. The van der Waals surface area contributed by atoms with Crippen LogP contribution in [-0.4, -0.2) is 19.0 Å². The number of carbonyl (C=O) groups excluding carboxylic acids is 1. The van der Waals surface area contributed by atoms with Gasteiger partial charge in [0, 0.05) is 29.4 Å². The molecule has 0 aromatic heterocycles. The van der Waals surface area contributed by atoms with E-state index in [1.165, 1.54) is 18.5 Å². The molecule has 1 saturated heterocycles. The third-order valence-corrected chi connectivity index (χ3v) is 5.12. The summed E-state index contributed by atoms with van der Waals surface area (Å²) in [5.41, 5.74) is 3.00. The highest BCUT2D eigenvalue weighted by atomic mass is 35.5. The number of rotatable bonds is 4. The quantitative estimate of drug-likeness (QED) is 0.829. The van der Waals surface area contributed by atoms with Crippen LogP contribution in [0.2, 0.25) is 5.02 Å². The van der Waals surface area contributed by atoms with Gasteiger partial charge in [-0.1, -0.05) is 30.7 Å². The molecule has 0 radical (unpaired) electrons. The molecule has 0 bridgehead atoms. The molecule has 0 unspecified atom stereocenters. The molecule has 132 valence electrons. The molecule has 2 aromatic rings. The van der Waals surface area contributed by atoms with Crippen LogP contribution in [0.15, 0.2) is 48.5 Å². The molecule has 1 N–H and O–H groups in total. The zero-order valence-electron chi connectivity index (χ0n) is 14.8. The van der Waals surface area contributed by atoms with Crippen LogP contribution in [0, 0.1) is 5.92 Å². The number of hydrogen-bond donors (Lipinski definition) is 1. The van der Waals surface area contributed by atoms with Crippen molar-refractivity contribution >= 4 is 23.2 Å². The monoisotopic (exact) mass is 356 g/mol. The number of anilines is 1. The summed E-state index contributed by atoms with van der Waals surface area (Å²) < 4.78 is 0. The SMILES string of the molecule is C[C@@H]1CCCN(c2ccc([C@@H](C)NC(=O)c3ccc(Cl)cc3)cc2)C1. The van der Waals surface area contributed by atoms with Gasteiger partial charge in [-0.3, -0.25) is 4.79 Å². The maximum Gasteiger partial charge on any atom is 0.251 e. The number of piperidine rings is 1. The van der Waals surface area contributed by atoms with E-state index in [1.807, 2.05) is 6.92 Å². The van der Waals surface area contributed by atoms with E-state index < -0.39 is 0 Å². The van der Waals surface area contributed by atoms with Crippen LogP contribution < -0.4 is 10.2 Å². The Kier molecular flexibility index (Phi) is 5.64. The smallest absolute Gasteiger partial charge is 0.251 e. The summed E-state index contributed by atoms with van der Waals surface area (Å²) in [6.07, 6.45) is 2.58. The maximum absolute atomic E-state index is 12.3. The highest BCUT2D eigenvalue weighted by molar-refractivity contribution is 6.30. The molecular weight excluding hydrogens is 332 g/mol. The van der Waals surface area contributed by atoms with Gasteiger partial charge in [-0.2, -0.15) is 0 Å². The van der Waals surface area contributed by atoms with Crippen LogP contribution in [0.3, 0.4) is 0 Å². The lowest BCUT2D eigenvalue weighted by Crippen LogP contribution is -2.34. The number of halogens is 1. The van der Waals surface area contributed by atoms with Crippen molar-refractivity contribution in [1.29, 1.82) is 0 Å². The molecule has 2 atom stereocenters. The van der Waals surface area contributed by atoms with Crippen LogP contribution in [0.25, 0.3) is 0 Å². The van der Waals surface area contributed by atoms with E-state index in [0.29, 0.717) is 10.6 Å². The zero-order valence-corrected chi connectivity index (χ0v) is 15.6. The van der Waals surface area contributed by atoms with E-state index >= 15 is 0 Å². The minimum absolute atomic E-state index is 0.0440. The Labute approximate surface area is 155 Å². The van der Waals surface area contributed by atoms with Gasteiger partial charge < -0.3 is 10.2 Å². The van der Waals surface area contributed by atoms with Gasteiger partial charge in [-0.05, 0) is 67.6 Å². The predicted molar refractivity (Wildman–Crippen MR) is 104 cm³/mol. The minimum Gasteiger partial charge on any atom is -0.371 e. The van der Waals surface area contributed by atoms with Crippen LogP contribution >= 0.6 is 11.6 Å². The Balaban J connectivity index is 1.63. The number of benzene rings is 2. The maximum atomic E-state index is 12.3. The topological polar surface area (TPSA) is 32.3 Å². The lowest BCUT2D eigenvalue weighted by atomic mass is 9.99. The zero-order chi connectivity index (χ0) is 17.8. The average molecular weight is 357 g/mol. The molecule has 1 heterocycles. The molecule has 0 spiro atoms. The first-order chi connectivity index (χ1) is 12.0. The normalized spacial score (nSPS) is 18.7. The Morgan fingerprint density at radius 1 is 1.16 bits per heavy atom. The van der Waals surface area contributed by atoms with Crippen molar-refractivity contribution in [2.75, 3.05) is 18.0 Å². The van der Waals surface area contributed by atoms with Gasteiger partial charge >= 0.3 is 0 Å². The second kappa shape index (κ2) is 7.92. The standard InChI is InChI=1S/C21H25ClN2O/c1-15-4-3-13-24(14-15)20-11-7-17(8-12-20)16(2)23-21(25)18-5-9-19(22)10-6-18/h5-12,15-16H,3-4,13-14H2,1-2H3,(H,23,25)/t15-,16-/m1/s1. The molecule has 0 aliphatic carbocycles. The van der Waals surface area contributed by atoms with Crippen molar-refractivity contribution in [2.45, 2.75) is 32.7 Å². The highest BCUT2D eigenvalue weighted by Crippen LogP contribution is 2.24. The summed E-state index contributed by atoms with van der Waals surface area (Å²) in [4.78, 5) is 14.8. The Hall–Kier alpha value is -2.00. The fourth-order valence-electron chi connectivity index (χ4n) is 3.36. The minimum atomic E-state index is -0.0851. The molecule has 1 amide bonds. The van der Waals surface area contributed by atoms with E-state index in [9.17, 15) is 4.79 Å². The van der Waals surface area contributed by atoms with Gasteiger partial charge in [-0.15, -0.1) is 0 Å². The van der Waals surface area contributed by atoms with Crippen LogP contribution in [-0.2, 0) is 0 Å². The van der Waals surface area contributed by atoms with Gasteiger partial charge in [-0.25, -0.2) is 0 Å². The van der Waals surface area contributed by atoms with Crippen molar-refractivity contribution in [3.8, 4) is 0 Å². The van der Waals surface area contributed by atoms with Crippen molar-refractivity contribution < 1.29 is 4.79 Å². The number of nitrogens with zero attached hydrogens (tertiary/aromatic N) is 1. The molecule has 3 rings (SSSR count). The summed E-state index contributed by atoms with van der Waals surface area (Å²) >= 11 is 5.87. The van der Waals surface area contributed by atoms with Gasteiger partial charge in [0.2, 0.25) is 0 Å². The molecule has 1 fully saturated rings. The number of nitrogens with one attached hydrogen (secondary N) is 1. The molecule has 0 saturated carbocycles. The Morgan fingerprint density at radius 3 is 2.48 bits per heavy atom. The third kappa shape index (κ3) is 4.55. The lowest BCUT2D eigenvalue weighted by Gasteiger charge is -2.33. The average Bonchev–Trinajstić information content (AvgIpc) is 2.62. The van der Waals surface area contributed by atoms with E-state index in [0.717, 1.165) is 24.6 Å². The third-order valence-electron chi connectivity index (χ3n) is 4.87. The summed E-state index contributed by atoms with van der Waals surface area (Å²) in [6.45, 7) is 6.58. The van der Waals surface area contributed by atoms with Crippen LogP contribution in [0.5, 0.6) is 0 Å². The Bertz CT molecular complexity index is 712. The lowest BCUT2D eigenvalue weighted by molar-refractivity contribution is 0.0940. The van der Waals surface area contributed by atoms with Crippen LogP contribution in [0.4, 0.5) is 5.69 Å². The first-order valence-electron chi connectivity index (χ1n) is 8.94. The summed E-state index contributed by atoms with van der Waals surface area (Å²) in [7, 11) is 0. The summed E-state index contributed by atoms with van der Waals surface area (Å²) in [5.74, 6) is 0.670. The number of hydrogen-bond acceptors (Lipinski definition) is 2. The van der Waals surface area contributed by atoms with Gasteiger partial charge in [0.1, 0.15) is 0 Å². The highest BCUT2D eigenvalue weighted by Gasteiger charge is 2.17. The van der Waals surface area contributed by atoms with Crippen molar-refractivity contribution in [3.63, 3.8) is 0 Å². The van der Waals surface area contributed by atoms with Gasteiger partial charge in [0.05, 0.1) is 6.04 Å².